The van der Waals surface area contributed by atoms with Crippen molar-refractivity contribution in [1.29, 1.82) is 5.26 Å². The van der Waals surface area contributed by atoms with Gasteiger partial charge in [0, 0.05) is 38.8 Å². The molecule has 0 saturated carbocycles. The summed E-state index contributed by atoms with van der Waals surface area (Å²) in [6, 6.07) is 8.69. The summed E-state index contributed by atoms with van der Waals surface area (Å²) in [5, 5.41) is 11.3. The Hall–Kier alpha value is -2.39. The van der Waals surface area contributed by atoms with E-state index >= 15 is 0 Å². The molecular weight excluding hydrogens is 268 g/mol. The van der Waals surface area contributed by atoms with Crippen molar-refractivity contribution >= 4 is 11.8 Å². The van der Waals surface area contributed by atoms with E-state index in [-0.39, 0.29) is 11.8 Å². The van der Waals surface area contributed by atoms with Crippen LogP contribution in [0.2, 0.25) is 0 Å². The fourth-order valence-corrected chi connectivity index (χ4v) is 2.26. The Morgan fingerprint density at radius 2 is 1.81 bits per heavy atom. The highest BCUT2D eigenvalue weighted by Gasteiger charge is 2.22. The molecule has 0 aromatic heterocycles. The van der Waals surface area contributed by atoms with Crippen molar-refractivity contribution in [3.8, 4) is 6.07 Å². The minimum Gasteiger partial charge on any atom is -0.358 e. The maximum absolute atomic E-state index is 12.3. The molecule has 1 aromatic rings. The van der Waals surface area contributed by atoms with Crippen LogP contribution in [0.1, 0.15) is 15.9 Å². The molecule has 2 amide bonds. The van der Waals surface area contributed by atoms with Crippen molar-refractivity contribution in [2.75, 3.05) is 39.8 Å². The van der Waals surface area contributed by atoms with Gasteiger partial charge in [-0.3, -0.25) is 14.5 Å². The first-order valence-corrected chi connectivity index (χ1v) is 6.86. The van der Waals surface area contributed by atoms with E-state index in [1.807, 2.05) is 11.0 Å². The van der Waals surface area contributed by atoms with Gasteiger partial charge in [-0.1, -0.05) is 0 Å². The van der Waals surface area contributed by atoms with Crippen LogP contribution in [-0.4, -0.2) is 61.4 Å². The average Bonchev–Trinajstić information content (AvgIpc) is 2.55. The van der Waals surface area contributed by atoms with Gasteiger partial charge in [0.2, 0.25) is 5.91 Å². The molecule has 0 bridgehead atoms. The fraction of sp³-hybridized carbons (Fsp3) is 0.400. The third kappa shape index (κ3) is 3.80. The van der Waals surface area contributed by atoms with Gasteiger partial charge in [0.05, 0.1) is 18.2 Å². The number of piperazine rings is 1. The number of nitrogens with zero attached hydrogens (tertiary/aromatic N) is 3. The first kappa shape index (κ1) is 15.0. The van der Waals surface area contributed by atoms with E-state index in [2.05, 4.69) is 5.32 Å². The lowest BCUT2D eigenvalue weighted by atomic mass is 10.1. The fourth-order valence-electron chi connectivity index (χ4n) is 2.26. The van der Waals surface area contributed by atoms with Gasteiger partial charge in [-0.2, -0.15) is 5.26 Å². The molecule has 2 rings (SSSR count). The number of amides is 2. The lowest BCUT2D eigenvalue weighted by molar-refractivity contribution is -0.122. The predicted octanol–water partition coefficient (Wildman–Crippen LogP) is 0.0621. The summed E-state index contributed by atoms with van der Waals surface area (Å²) < 4.78 is 0. The number of likely N-dealkylation sites (N-methyl/N-ethyl adjacent to an activating group) is 1. The molecule has 0 atom stereocenters. The Morgan fingerprint density at radius 1 is 1.19 bits per heavy atom. The number of rotatable bonds is 3. The van der Waals surface area contributed by atoms with Crippen molar-refractivity contribution in [1.82, 2.24) is 15.1 Å². The van der Waals surface area contributed by atoms with Crippen LogP contribution in [0.3, 0.4) is 0 Å². The van der Waals surface area contributed by atoms with E-state index in [0.717, 1.165) is 0 Å². The van der Waals surface area contributed by atoms with Crippen molar-refractivity contribution in [2.45, 2.75) is 0 Å². The molecule has 1 saturated heterocycles. The molecule has 6 nitrogen and oxygen atoms in total. The van der Waals surface area contributed by atoms with Crippen LogP contribution in [0.25, 0.3) is 0 Å². The van der Waals surface area contributed by atoms with Gasteiger partial charge in [-0.15, -0.1) is 0 Å². The Balaban J connectivity index is 1.90. The maximum Gasteiger partial charge on any atom is 0.253 e. The molecule has 110 valence electrons. The van der Waals surface area contributed by atoms with Crippen molar-refractivity contribution < 1.29 is 9.59 Å². The minimum absolute atomic E-state index is 0.0122. The summed E-state index contributed by atoms with van der Waals surface area (Å²) in [5.41, 5.74) is 1.13. The number of nitrogens with one attached hydrogen (secondary N) is 1. The number of carbonyl (C=O) groups is 2. The SMILES string of the molecule is CNC(=O)CN1CCN(C(=O)c2ccc(C#N)cc2)CC1. The van der Waals surface area contributed by atoms with Crippen molar-refractivity contribution in [3.05, 3.63) is 35.4 Å². The molecule has 1 aliphatic heterocycles. The van der Waals surface area contributed by atoms with Gasteiger partial charge >= 0.3 is 0 Å². The summed E-state index contributed by atoms with van der Waals surface area (Å²) in [7, 11) is 1.62. The van der Waals surface area contributed by atoms with Crippen LogP contribution in [0.4, 0.5) is 0 Å². The highest BCUT2D eigenvalue weighted by molar-refractivity contribution is 5.94. The monoisotopic (exact) mass is 286 g/mol. The van der Waals surface area contributed by atoms with Crippen LogP contribution >= 0.6 is 0 Å². The molecule has 0 unspecified atom stereocenters. The number of benzene rings is 1. The second kappa shape index (κ2) is 6.86. The predicted molar refractivity (Wildman–Crippen MR) is 77.6 cm³/mol. The second-order valence-corrected chi connectivity index (χ2v) is 4.93. The molecule has 1 fully saturated rings. The molecule has 0 spiro atoms. The van der Waals surface area contributed by atoms with Gasteiger partial charge in [0.1, 0.15) is 0 Å². The first-order chi connectivity index (χ1) is 10.1. The molecule has 0 radical (unpaired) electrons. The van der Waals surface area contributed by atoms with Gasteiger partial charge in [-0.25, -0.2) is 0 Å². The van der Waals surface area contributed by atoms with Gasteiger partial charge in [-0.05, 0) is 24.3 Å². The Morgan fingerprint density at radius 3 is 2.33 bits per heavy atom. The van der Waals surface area contributed by atoms with Crippen LogP contribution in [-0.2, 0) is 4.79 Å². The quantitative estimate of drug-likeness (QED) is 0.852. The van der Waals surface area contributed by atoms with E-state index in [1.54, 1.807) is 36.2 Å². The Bertz CT molecular complexity index is 554. The van der Waals surface area contributed by atoms with Crippen LogP contribution in [0.5, 0.6) is 0 Å². The topological polar surface area (TPSA) is 76.4 Å². The smallest absolute Gasteiger partial charge is 0.253 e. The molecule has 1 N–H and O–H groups in total. The summed E-state index contributed by atoms with van der Waals surface area (Å²) >= 11 is 0. The van der Waals surface area contributed by atoms with Crippen LogP contribution in [0, 0.1) is 11.3 Å². The zero-order chi connectivity index (χ0) is 15.2. The number of carbonyl (C=O) groups excluding carboxylic acids is 2. The minimum atomic E-state index is -0.0286. The standard InChI is InChI=1S/C15H18N4O2/c1-17-14(20)11-18-6-8-19(9-7-18)15(21)13-4-2-12(10-16)3-5-13/h2-5H,6-9,11H2,1H3,(H,17,20). The van der Waals surface area contributed by atoms with Crippen molar-refractivity contribution in [2.24, 2.45) is 0 Å². The van der Waals surface area contributed by atoms with E-state index in [1.165, 1.54) is 0 Å². The van der Waals surface area contributed by atoms with E-state index in [9.17, 15) is 9.59 Å². The van der Waals surface area contributed by atoms with E-state index in [4.69, 9.17) is 5.26 Å². The Kier molecular flexibility index (Phi) is 4.90. The summed E-state index contributed by atoms with van der Waals surface area (Å²) in [6.07, 6.45) is 0. The third-order valence-electron chi connectivity index (χ3n) is 3.57. The molecule has 1 aromatic carbocycles. The maximum atomic E-state index is 12.3. The van der Waals surface area contributed by atoms with Crippen LogP contribution in [0.15, 0.2) is 24.3 Å². The highest BCUT2D eigenvalue weighted by atomic mass is 16.2. The summed E-state index contributed by atoms with van der Waals surface area (Å²) in [4.78, 5) is 27.5. The second-order valence-electron chi connectivity index (χ2n) is 4.93. The average molecular weight is 286 g/mol. The highest BCUT2D eigenvalue weighted by Crippen LogP contribution is 2.10. The van der Waals surface area contributed by atoms with Crippen LogP contribution < -0.4 is 5.32 Å². The van der Waals surface area contributed by atoms with Gasteiger partial charge in [0.15, 0.2) is 0 Å². The van der Waals surface area contributed by atoms with Gasteiger partial charge in [0.25, 0.3) is 5.91 Å². The third-order valence-corrected chi connectivity index (χ3v) is 3.57. The number of hydrogen-bond acceptors (Lipinski definition) is 4. The molecule has 0 aliphatic carbocycles. The lowest BCUT2D eigenvalue weighted by Gasteiger charge is -2.34. The zero-order valence-electron chi connectivity index (χ0n) is 12.0. The summed E-state index contributed by atoms with van der Waals surface area (Å²) in [6.45, 7) is 2.96. The van der Waals surface area contributed by atoms with Crippen molar-refractivity contribution in [3.63, 3.8) is 0 Å². The molecule has 21 heavy (non-hydrogen) atoms. The summed E-state index contributed by atoms with van der Waals surface area (Å²) in [5.74, 6) is -0.0408. The number of hydrogen-bond donors (Lipinski definition) is 1. The molecule has 1 heterocycles. The van der Waals surface area contributed by atoms with E-state index < -0.39 is 0 Å². The molecule has 1 aliphatic rings. The normalized spacial score (nSPS) is 15.3. The Labute approximate surface area is 123 Å². The zero-order valence-corrected chi connectivity index (χ0v) is 12.0. The van der Waals surface area contributed by atoms with Gasteiger partial charge < -0.3 is 10.2 Å². The molecular formula is C15H18N4O2. The first-order valence-electron chi connectivity index (χ1n) is 6.86. The molecule has 6 heteroatoms. The van der Waals surface area contributed by atoms with E-state index in [0.29, 0.717) is 43.9 Å². The largest absolute Gasteiger partial charge is 0.358 e. The lowest BCUT2D eigenvalue weighted by Crippen LogP contribution is -2.50. The number of nitriles is 1.